The maximum absolute atomic E-state index is 11.6. The fourth-order valence-corrected chi connectivity index (χ4v) is 1.61. The molecule has 0 aliphatic carbocycles. The molecule has 1 unspecified atom stereocenters. The van der Waals surface area contributed by atoms with Crippen LogP contribution in [0, 0.1) is 6.92 Å². The van der Waals surface area contributed by atoms with E-state index in [4.69, 9.17) is 4.74 Å². The lowest BCUT2D eigenvalue weighted by atomic mass is 10.1. The van der Waals surface area contributed by atoms with E-state index in [2.05, 4.69) is 4.98 Å². The van der Waals surface area contributed by atoms with Crippen LogP contribution >= 0.6 is 22.6 Å². The summed E-state index contributed by atoms with van der Waals surface area (Å²) in [4.78, 5) is 26.8. The SMILES string of the molecule is Cc1ccc2c(n1)C(=O)C(I)C(=O)O2. The Hall–Kier alpha value is -0.980. The first-order chi connectivity index (χ1) is 6.59. The van der Waals surface area contributed by atoms with Crippen molar-refractivity contribution in [3.8, 4) is 5.75 Å². The fourth-order valence-electron chi connectivity index (χ4n) is 1.19. The molecule has 0 radical (unpaired) electrons. The van der Waals surface area contributed by atoms with E-state index in [9.17, 15) is 9.59 Å². The molecule has 2 rings (SSSR count). The average molecular weight is 303 g/mol. The van der Waals surface area contributed by atoms with E-state index < -0.39 is 9.89 Å². The van der Waals surface area contributed by atoms with Gasteiger partial charge in [-0.05, 0) is 19.1 Å². The van der Waals surface area contributed by atoms with Gasteiger partial charge in [-0.2, -0.15) is 0 Å². The van der Waals surface area contributed by atoms with Crippen molar-refractivity contribution in [1.82, 2.24) is 4.98 Å². The zero-order chi connectivity index (χ0) is 10.3. The van der Waals surface area contributed by atoms with Gasteiger partial charge >= 0.3 is 5.97 Å². The Morgan fingerprint density at radius 2 is 2.14 bits per heavy atom. The number of esters is 1. The van der Waals surface area contributed by atoms with E-state index in [-0.39, 0.29) is 17.2 Å². The minimum atomic E-state index is -0.769. The minimum absolute atomic E-state index is 0.254. The molecule has 14 heavy (non-hydrogen) atoms. The summed E-state index contributed by atoms with van der Waals surface area (Å²) in [6, 6.07) is 3.29. The van der Waals surface area contributed by atoms with Crippen LogP contribution in [0.1, 0.15) is 16.2 Å². The van der Waals surface area contributed by atoms with Crippen LogP contribution in [-0.4, -0.2) is 20.7 Å². The molecule has 5 heteroatoms. The molecule has 0 bridgehead atoms. The fraction of sp³-hybridized carbons (Fsp3) is 0.222. The molecule has 1 aliphatic heterocycles. The van der Waals surface area contributed by atoms with Gasteiger partial charge in [0.2, 0.25) is 5.78 Å². The normalized spacial score (nSPS) is 20.3. The van der Waals surface area contributed by atoms with Crippen molar-refractivity contribution in [2.75, 3.05) is 0 Å². The molecule has 72 valence electrons. The molecule has 1 aromatic heterocycles. The van der Waals surface area contributed by atoms with Crippen LogP contribution in [0.5, 0.6) is 5.75 Å². The van der Waals surface area contributed by atoms with Crippen molar-refractivity contribution in [1.29, 1.82) is 0 Å². The van der Waals surface area contributed by atoms with Gasteiger partial charge in [-0.15, -0.1) is 0 Å². The van der Waals surface area contributed by atoms with Crippen LogP contribution in [0.2, 0.25) is 0 Å². The average Bonchev–Trinajstić information content (AvgIpc) is 2.16. The Morgan fingerprint density at radius 3 is 2.86 bits per heavy atom. The Labute approximate surface area is 93.8 Å². The van der Waals surface area contributed by atoms with Gasteiger partial charge in [0.25, 0.3) is 0 Å². The summed E-state index contributed by atoms with van der Waals surface area (Å²) in [5, 5.41) is 0. The van der Waals surface area contributed by atoms with Crippen LogP contribution in [0.4, 0.5) is 0 Å². The lowest BCUT2D eigenvalue weighted by molar-refractivity contribution is -0.133. The third-order valence-electron chi connectivity index (χ3n) is 1.88. The maximum Gasteiger partial charge on any atom is 0.332 e. The number of ketones is 1. The van der Waals surface area contributed by atoms with Gasteiger partial charge in [-0.3, -0.25) is 4.79 Å². The second-order valence-corrected chi connectivity index (χ2v) is 4.19. The molecule has 4 nitrogen and oxygen atoms in total. The number of hydrogen-bond donors (Lipinski definition) is 0. The number of nitrogens with zero attached hydrogens (tertiary/aromatic N) is 1. The summed E-state index contributed by atoms with van der Waals surface area (Å²) >= 11 is 1.75. The number of carbonyl (C=O) groups is 2. The second kappa shape index (κ2) is 3.30. The van der Waals surface area contributed by atoms with Gasteiger partial charge in [-0.1, -0.05) is 22.6 Å². The van der Waals surface area contributed by atoms with E-state index in [1.54, 1.807) is 41.6 Å². The molecule has 0 fully saturated rings. The number of rotatable bonds is 0. The standard InChI is InChI=1S/C9H6INO3/c1-4-2-3-5-7(11-4)8(12)6(10)9(13)14-5/h2-3,6H,1H3. The molecule has 1 aromatic rings. The van der Waals surface area contributed by atoms with Crippen molar-refractivity contribution in [3.05, 3.63) is 23.5 Å². The molecular formula is C9H6INO3. The lowest BCUT2D eigenvalue weighted by Gasteiger charge is -2.17. The first kappa shape index (κ1) is 9.57. The number of fused-ring (bicyclic) bond motifs is 1. The maximum atomic E-state index is 11.6. The van der Waals surface area contributed by atoms with E-state index in [0.717, 1.165) is 5.69 Å². The van der Waals surface area contributed by atoms with Gasteiger partial charge in [0.15, 0.2) is 15.4 Å². The number of alkyl halides is 1. The lowest BCUT2D eigenvalue weighted by Crippen LogP contribution is -2.34. The molecule has 1 atom stereocenters. The summed E-state index contributed by atoms with van der Waals surface area (Å²) in [5.41, 5.74) is 0.989. The number of carbonyl (C=O) groups excluding carboxylic acids is 2. The largest absolute Gasteiger partial charge is 0.423 e. The number of halogens is 1. The molecule has 0 saturated heterocycles. The summed E-state index contributed by atoms with van der Waals surface area (Å²) in [6.45, 7) is 1.78. The van der Waals surface area contributed by atoms with Crippen molar-refractivity contribution < 1.29 is 14.3 Å². The first-order valence-corrected chi connectivity index (χ1v) is 5.22. The third kappa shape index (κ3) is 1.41. The van der Waals surface area contributed by atoms with Crippen molar-refractivity contribution in [2.24, 2.45) is 0 Å². The number of aromatic nitrogens is 1. The number of ether oxygens (including phenoxy) is 1. The van der Waals surface area contributed by atoms with Crippen LogP contribution < -0.4 is 4.74 Å². The highest BCUT2D eigenvalue weighted by atomic mass is 127. The summed E-state index contributed by atoms with van der Waals surface area (Å²) < 4.78 is 4.17. The highest BCUT2D eigenvalue weighted by Crippen LogP contribution is 2.26. The number of Topliss-reactive ketones (excluding diaryl/α,β-unsaturated/α-hetero) is 1. The highest BCUT2D eigenvalue weighted by molar-refractivity contribution is 14.1. The summed E-state index contributed by atoms with van der Waals surface area (Å²) in [6.07, 6.45) is 0. The summed E-state index contributed by atoms with van der Waals surface area (Å²) in [5.74, 6) is -0.534. The number of aryl methyl sites for hydroxylation is 1. The summed E-state index contributed by atoms with van der Waals surface area (Å²) in [7, 11) is 0. The van der Waals surface area contributed by atoms with Gasteiger partial charge in [0.05, 0.1) is 0 Å². The van der Waals surface area contributed by atoms with Crippen LogP contribution in [0.3, 0.4) is 0 Å². The quantitative estimate of drug-likeness (QED) is 0.314. The van der Waals surface area contributed by atoms with Crippen LogP contribution in [0.15, 0.2) is 12.1 Å². The first-order valence-electron chi connectivity index (χ1n) is 3.97. The molecule has 0 saturated carbocycles. The van der Waals surface area contributed by atoms with Crippen LogP contribution in [-0.2, 0) is 4.79 Å². The predicted molar refractivity (Wildman–Crippen MR) is 56.7 cm³/mol. The Bertz CT molecular complexity index is 430. The number of hydrogen-bond acceptors (Lipinski definition) is 4. The van der Waals surface area contributed by atoms with Crippen molar-refractivity contribution >= 4 is 34.3 Å². The molecule has 0 aromatic carbocycles. The van der Waals surface area contributed by atoms with Gasteiger partial charge in [-0.25, -0.2) is 9.78 Å². The monoisotopic (exact) mass is 303 g/mol. The van der Waals surface area contributed by atoms with E-state index >= 15 is 0 Å². The molecule has 2 heterocycles. The Balaban J connectivity index is 2.57. The molecular weight excluding hydrogens is 297 g/mol. The van der Waals surface area contributed by atoms with Crippen molar-refractivity contribution in [2.45, 2.75) is 10.8 Å². The Morgan fingerprint density at radius 1 is 1.43 bits per heavy atom. The second-order valence-electron chi connectivity index (χ2n) is 2.95. The molecule has 0 amide bonds. The van der Waals surface area contributed by atoms with Crippen molar-refractivity contribution in [3.63, 3.8) is 0 Å². The zero-order valence-electron chi connectivity index (χ0n) is 7.28. The smallest absolute Gasteiger partial charge is 0.332 e. The van der Waals surface area contributed by atoms with Gasteiger partial charge < -0.3 is 4.74 Å². The Kier molecular flexibility index (Phi) is 2.26. The zero-order valence-corrected chi connectivity index (χ0v) is 9.44. The topological polar surface area (TPSA) is 56.3 Å². The molecule has 1 aliphatic rings. The third-order valence-corrected chi connectivity index (χ3v) is 2.95. The minimum Gasteiger partial charge on any atom is -0.423 e. The van der Waals surface area contributed by atoms with Gasteiger partial charge in [0, 0.05) is 5.69 Å². The number of pyridine rings is 1. The van der Waals surface area contributed by atoms with Gasteiger partial charge in [0.1, 0.15) is 0 Å². The van der Waals surface area contributed by atoms with Crippen LogP contribution in [0.25, 0.3) is 0 Å². The van der Waals surface area contributed by atoms with E-state index in [1.165, 1.54) is 0 Å². The molecule has 0 N–H and O–H groups in total. The highest BCUT2D eigenvalue weighted by Gasteiger charge is 2.35. The predicted octanol–water partition coefficient (Wildman–Crippen LogP) is 1.30. The molecule has 0 spiro atoms. The van der Waals surface area contributed by atoms with E-state index in [1.807, 2.05) is 0 Å². The van der Waals surface area contributed by atoms with E-state index in [0.29, 0.717) is 0 Å².